The Morgan fingerprint density at radius 1 is 1.32 bits per heavy atom. The van der Waals surface area contributed by atoms with Gasteiger partial charge in [-0.3, -0.25) is 0 Å². The SMILES string of the molecule is CCC(C)c1ccc(OCCCC2CCCO2)cc1. The molecule has 1 aromatic carbocycles. The summed E-state index contributed by atoms with van der Waals surface area (Å²) >= 11 is 0. The molecule has 2 heteroatoms. The second-order valence-electron chi connectivity index (χ2n) is 5.50. The van der Waals surface area contributed by atoms with E-state index in [2.05, 4.69) is 38.1 Å². The Labute approximate surface area is 117 Å². The summed E-state index contributed by atoms with van der Waals surface area (Å²) in [6, 6.07) is 8.55. The molecule has 1 saturated heterocycles. The summed E-state index contributed by atoms with van der Waals surface area (Å²) in [6.45, 7) is 6.22. The van der Waals surface area contributed by atoms with Crippen LogP contribution in [0.2, 0.25) is 0 Å². The molecule has 0 radical (unpaired) electrons. The van der Waals surface area contributed by atoms with E-state index in [1.54, 1.807) is 0 Å². The third-order valence-corrected chi connectivity index (χ3v) is 4.02. The molecule has 1 aliphatic heterocycles. The molecule has 0 aliphatic carbocycles. The van der Waals surface area contributed by atoms with Gasteiger partial charge in [-0.1, -0.05) is 26.0 Å². The van der Waals surface area contributed by atoms with E-state index in [1.807, 2.05) is 0 Å². The van der Waals surface area contributed by atoms with Gasteiger partial charge in [-0.2, -0.15) is 0 Å². The molecule has 19 heavy (non-hydrogen) atoms. The lowest BCUT2D eigenvalue weighted by molar-refractivity contribution is 0.0981. The van der Waals surface area contributed by atoms with Crippen LogP contribution >= 0.6 is 0 Å². The summed E-state index contributed by atoms with van der Waals surface area (Å²) in [6.07, 6.45) is 6.33. The summed E-state index contributed by atoms with van der Waals surface area (Å²) in [5, 5.41) is 0. The summed E-state index contributed by atoms with van der Waals surface area (Å²) < 4.78 is 11.4. The van der Waals surface area contributed by atoms with Crippen LogP contribution in [0.5, 0.6) is 5.75 Å². The zero-order chi connectivity index (χ0) is 13.5. The zero-order valence-electron chi connectivity index (χ0n) is 12.2. The molecular weight excluding hydrogens is 236 g/mol. The molecule has 1 heterocycles. The van der Waals surface area contributed by atoms with Crippen molar-refractivity contribution in [2.75, 3.05) is 13.2 Å². The van der Waals surface area contributed by atoms with Gasteiger partial charge in [-0.25, -0.2) is 0 Å². The Morgan fingerprint density at radius 3 is 2.74 bits per heavy atom. The molecule has 2 unspecified atom stereocenters. The van der Waals surface area contributed by atoms with Crippen molar-refractivity contribution in [2.45, 2.75) is 58.0 Å². The molecule has 2 nitrogen and oxygen atoms in total. The number of hydrogen-bond donors (Lipinski definition) is 0. The second-order valence-corrected chi connectivity index (χ2v) is 5.50. The summed E-state index contributed by atoms with van der Waals surface area (Å²) in [4.78, 5) is 0. The van der Waals surface area contributed by atoms with Gasteiger partial charge in [0.1, 0.15) is 5.75 Å². The molecule has 2 rings (SSSR count). The smallest absolute Gasteiger partial charge is 0.119 e. The largest absolute Gasteiger partial charge is 0.494 e. The van der Waals surface area contributed by atoms with Crippen molar-refractivity contribution >= 4 is 0 Å². The van der Waals surface area contributed by atoms with Crippen LogP contribution in [0.25, 0.3) is 0 Å². The Balaban J connectivity index is 1.67. The molecule has 106 valence electrons. The van der Waals surface area contributed by atoms with Gasteiger partial charge in [0.15, 0.2) is 0 Å². The van der Waals surface area contributed by atoms with Gasteiger partial charge < -0.3 is 9.47 Å². The third kappa shape index (κ3) is 4.54. The first-order valence-corrected chi connectivity index (χ1v) is 7.64. The Morgan fingerprint density at radius 2 is 2.11 bits per heavy atom. The Bertz CT molecular complexity index is 352. The highest BCUT2D eigenvalue weighted by molar-refractivity contribution is 5.29. The van der Waals surface area contributed by atoms with Crippen LogP contribution in [0.1, 0.15) is 57.4 Å². The van der Waals surface area contributed by atoms with Gasteiger partial charge >= 0.3 is 0 Å². The molecule has 0 amide bonds. The van der Waals surface area contributed by atoms with Crippen molar-refractivity contribution in [3.8, 4) is 5.75 Å². The minimum absolute atomic E-state index is 0.483. The summed E-state index contributed by atoms with van der Waals surface area (Å²) in [7, 11) is 0. The molecule has 1 fully saturated rings. The van der Waals surface area contributed by atoms with Crippen molar-refractivity contribution in [2.24, 2.45) is 0 Å². The van der Waals surface area contributed by atoms with Gasteiger partial charge in [0.25, 0.3) is 0 Å². The van der Waals surface area contributed by atoms with E-state index >= 15 is 0 Å². The van der Waals surface area contributed by atoms with Crippen molar-refractivity contribution in [1.82, 2.24) is 0 Å². The first-order valence-electron chi connectivity index (χ1n) is 7.64. The van der Waals surface area contributed by atoms with E-state index < -0.39 is 0 Å². The van der Waals surface area contributed by atoms with Crippen LogP contribution in [0.3, 0.4) is 0 Å². The fraction of sp³-hybridized carbons (Fsp3) is 0.647. The number of benzene rings is 1. The van der Waals surface area contributed by atoms with Crippen LogP contribution in [0, 0.1) is 0 Å². The van der Waals surface area contributed by atoms with Crippen molar-refractivity contribution < 1.29 is 9.47 Å². The highest BCUT2D eigenvalue weighted by atomic mass is 16.5. The minimum atomic E-state index is 0.483. The Hall–Kier alpha value is -1.02. The van der Waals surface area contributed by atoms with Crippen LogP contribution in [0.4, 0.5) is 0 Å². The average Bonchev–Trinajstić information content (AvgIpc) is 2.96. The molecule has 2 atom stereocenters. The molecule has 1 aliphatic rings. The van der Waals surface area contributed by atoms with E-state index in [0.29, 0.717) is 12.0 Å². The van der Waals surface area contributed by atoms with Crippen molar-refractivity contribution in [3.05, 3.63) is 29.8 Å². The lowest BCUT2D eigenvalue weighted by Gasteiger charge is -2.12. The molecule has 0 spiro atoms. The number of ether oxygens (including phenoxy) is 2. The lowest BCUT2D eigenvalue weighted by Crippen LogP contribution is -2.07. The fourth-order valence-corrected chi connectivity index (χ4v) is 2.50. The summed E-state index contributed by atoms with van der Waals surface area (Å²) in [5.74, 6) is 1.62. The standard InChI is InChI=1S/C17H26O2/c1-3-14(2)15-8-10-17(11-9-15)19-13-5-7-16-6-4-12-18-16/h8-11,14,16H,3-7,12-13H2,1-2H3. The van der Waals surface area contributed by atoms with E-state index in [9.17, 15) is 0 Å². The first kappa shape index (κ1) is 14.4. The monoisotopic (exact) mass is 262 g/mol. The van der Waals surface area contributed by atoms with Gasteiger partial charge in [-0.15, -0.1) is 0 Å². The predicted octanol–water partition coefficient (Wildman–Crippen LogP) is 4.54. The van der Waals surface area contributed by atoms with Gasteiger partial charge in [0.2, 0.25) is 0 Å². The van der Waals surface area contributed by atoms with Crippen LogP contribution in [0.15, 0.2) is 24.3 Å². The first-order chi connectivity index (χ1) is 9.29. The average molecular weight is 262 g/mol. The van der Waals surface area contributed by atoms with E-state index in [-0.39, 0.29) is 0 Å². The Kier molecular flexibility index (Phi) is 5.71. The van der Waals surface area contributed by atoms with Crippen LogP contribution in [-0.2, 0) is 4.74 Å². The van der Waals surface area contributed by atoms with Crippen molar-refractivity contribution in [1.29, 1.82) is 0 Å². The molecule has 1 aromatic rings. The highest BCUT2D eigenvalue weighted by Crippen LogP contribution is 2.22. The molecular formula is C17H26O2. The maximum Gasteiger partial charge on any atom is 0.119 e. The lowest BCUT2D eigenvalue weighted by atomic mass is 9.99. The maximum atomic E-state index is 5.78. The van der Waals surface area contributed by atoms with E-state index in [1.165, 1.54) is 24.8 Å². The fourth-order valence-electron chi connectivity index (χ4n) is 2.50. The zero-order valence-corrected chi connectivity index (χ0v) is 12.2. The molecule has 0 bridgehead atoms. The predicted molar refractivity (Wildman–Crippen MR) is 78.9 cm³/mol. The van der Waals surface area contributed by atoms with Gasteiger partial charge in [0, 0.05) is 6.61 Å². The van der Waals surface area contributed by atoms with E-state index in [4.69, 9.17) is 9.47 Å². The van der Waals surface area contributed by atoms with E-state index in [0.717, 1.165) is 31.8 Å². The van der Waals surface area contributed by atoms with Gasteiger partial charge in [-0.05, 0) is 55.7 Å². The highest BCUT2D eigenvalue weighted by Gasteiger charge is 2.14. The maximum absolute atomic E-state index is 5.78. The second kappa shape index (κ2) is 7.54. The minimum Gasteiger partial charge on any atom is -0.494 e. The molecule has 0 aromatic heterocycles. The third-order valence-electron chi connectivity index (χ3n) is 4.02. The quantitative estimate of drug-likeness (QED) is 0.672. The van der Waals surface area contributed by atoms with Crippen molar-refractivity contribution in [3.63, 3.8) is 0 Å². The number of rotatable bonds is 7. The normalized spacial score (nSPS) is 20.4. The topological polar surface area (TPSA) is 18.5 Å². The number of hydrogen-bond acceptors (Lipinski definition) is 2. The van der Waals surface area contributed by atoms with Crippen LogP contribution < -0.4 is 4.74 Å². The molecule has 0 N–H and O–H groups in total. The van der Waals surface area contributed by atoms with Gasteiger partial charge in [0.05, 0.1) is 12.7 Å². The summed E-state index contributed by atoms with van der Waals surface area (Å²) in [5.41, 5.74) is 1.40. The van der Waals surface area contributed by atoms with Crippen LogP contribution in [-0.4, -0.2) is 19.3 Å². The molecule has 0 saturated carbocycles.